The largest absolute Gasteiger partial charge is 0.376 e. The Morgan fingerprint density at radius 1 is 1.86 bits per heavy atom. The fraction of sp³-hybridized carbons (Fsp3) is 0. The molecule has 40 valence electrons. The van der Waals surface area contributed by atoms with E-state index in [-0.39, 0.29) is 5.11 Å². The molecule has 0 aromatic carbocycles. The van der Waals surface area contributed by atoms with Gasteiger partial charge in [0.25, 0.3) is 0 Å². The highest BCUT2D eigenvalue weighted by Crippen LogP contribution is 1.48. The molecule has 0 spiro atoms. The van der Waals surface area contributed by atoms with Crippen molar-refractivity contribution in [1.29, 1.82) is 0 Å². The Labute approximate surface area is 46.6 Å². The maximum Gasteiger partial charge on any atom is 0.168 e. The first-order chi connectivity index (χ1) is 3.27. The van der Waals surface area contributed by atoms with Gasteiger partial charge < -0.3 is 16.9 Å². The Balaban J connectivity index is 3.14. The topological polar surface area (TPSA) is 76.4 Å². The molecule has 5 heteroatoms. The van der Waals surface area contributed by atoms with E-state index in [1.165, 1.54) is 6.34 Å². The second kappa shape index (κ2) is 3.35. The molecule has 7 heavy (non-hydrogen) atoms. The lowest BCUT2D eigenvalue weighted by molar-refractivity contribution is 1.22. The third-order valence-corrected chi connectivity index (χ3v) is 0.399. The zero-order valence-electron chi connectivity index (χ0n) is 3.59. The van der Waals surface area contributed by atoms with Crippen LogP contribution in [0.3, 0.4) is 0 Å². The summed E-state index contributed by atoms with van der Waals surface area (Å²) in [4.78, 5) is 0. The van der Waals surface area contributed by atoms with E-state index in [2.05, 4.69) is 28.5 Å². The summed E-state index contributed by atoms with van der Waals surface area (Å²) >= 11 is 4.38. The predicted octanol–water partition coefficient (Wildman–Crippen LogP) is -1.28. The number of thiocarbonyl (C=S) groups is 1. The average Bonchev–Trinajstić information content (AvgIpc) is 1.61. The average molecular weight is 118 g/mol. The second-order valence-corrected chi connectivity index (χ2v) is 1.23. The fourth-order valence-corrected chi connectivity index (χ4v) is 0.154. The third kappa shape index (κ3) is 5.16. The summed E-state index contributed by atoms with van der Waals surface area (Å²) in [5, 5.41) is 5.62. The molecule has 0 fully saturated rings. The van der Waals surface area contributed by atoms with Crippen molar-refractivity contribution in [2.24, 2.45) is 16.7 Å². The smallest absolute Gasteiger partial charge is 0.168 e. The SMILES string of the molecule is NN=CNC(N)=S. The minimum absolute atomic E-state index is 0.161. The van der Waals surface area contributed by atoms with Crippen LogP contribution >= 0.6 is 12.2 Å². The Morgan fingerprint density at radius 2 is 2.43 bits per heavy atom. The Kier molecular flexibility index (Phi) is 2.95. The van der Waals surface area contributed by atoms with Crippen LogP contribution in [0.25, 0.3) is 0 Å². The number of nitrogens with two attached hydrogens (primary N) is 2. The van der Waals surface area contributed by atoms with Gasteiger partial charge >= 0.3 is 0 Å². The van der Waals surface area contributed by atoms with Gasteiger partial charge in [0.15, 0.2) is 5.11 Å². The van der Waals surface area contributed by atoms with Gasteiger partial charge in [0.1, 0.15) is 6.34 Å². The number of hydrogen-bond donors (Lipinski definition) is 3. The summed E-state index contributed by atoms with van der Waals surface area (Å²) in [7, 11) is 0. The first-order valence-corrected chi connectivity index (χ1v) is 1.96. The third-order valence-electron chi connectivity index (χ3n) is 0.281. The minimum Gasteiger partial charge on any atom is -0.376 e. The van der Waals surface area contributed by atoms with Crippen LogP contribution in [0.5, 0.6) is 0 Å². The summed E-state index contributed by atoms with van der Waals surface area (Å²) in [6, 6.07) is 0. The van der Waals surface area contributed by atoms with Gasteiger partial charge in [-0.25, -0.2) is 0 Å². The van der Waals surface area contributed by atoms with E-state index in [0.29, 0.717) is 0 Å². The zero-order chi connectivity index (χ0) is 5.70. The molecule has 0 aliphatic heterocycles. The molecule has 0 atom stereocenters. The molecule has 0 aliphatic rings. The molecule has 4 nitrogen and oxygen atoms in total. The molecule has 0 aromatic rings. The zero-order valence-corrected chi connectivity index (χ0v) is 4.40. The summed E-state index contributed by atoms with van der Waals surface area (Å²) in [5.41, 5.74) is 4.95. The summed E-state index contributed by atoms with van der Waals surface area (Å²) in [6.45, 7) is 0. The van der Waals surface area contributed by atoms with Gasteiger partial charge in [-0.2, -0.15) is 5.10 Å². The predicted molar refractivity (Wildman–Crippen MR) is 32.6 cm³/mol. The molecule has 0 aromatic heterocycles. The molecular formula is C2H6N4S. The van der Waals surface area contributed by atoms with Gasteiger partial charge in [-0.1, -0.05) is 0 Å². The normalized spacial score (nSPS) is 9.14. The monoisotopic (exact) mass is 118 g/mol. The van der Waals surface area contributed by atoms with Gasteiger partial charge in [0, 0.05) is 0 Å². The number of hydrogen-bond acceptors (Lipinski definition) is 3. The van der Waals surface area contributed by atoms with Crippen LogP contribution in [-0.4, -0.2) is 11.5 Å². The standard InChI is InChI=1S/C2H6N4S/c3-2(7)5-1-6-4/h1H,4H2,(H3,3,5,6,7). The lowest BCUT2D eigenvalue weighted by atomic mass is 11.0. The van der Waals surface area contributed by atoms with Crippen molar-refractivity contribution in [3.05, 3.63) is 0 Å². The Hall–Kier alpha value is -0.840. The molecule has 0 rings (SSSR count). The summed E-state index contributed by atoms with van der Waals surface area (Å²) in [5.74, 6) is 4.67. The first kappa shape index (κ1) is 6.16. The van der Waals surface area contributed by atoms with Crippen molar-refractivity contribution >= 4 is 23.7 Å². The molecule has 0 bridgehead atoms. The number of hydrazone groups is 1. The lowest BCUT2D eigenvalue weighted by Gasteiger charge is -1.88. The Bertz CT molecular complexity index is 87.7. The van der Waals surface area contributed by atoms with Crippen LogP contribution in [0, 0.1) is 0 Å². The van der Waals surface area contributed by atoms with E-state index in [1.807, 2.05) is 0 Å². The van der Waals surface area contributed by atoms with E-state index in [9.17, 15) is 0 Å². The molecule has 0 unspecified atom stereocenters. The number of rotatable bonds is 1. The van der Waals surface area contributed by atoms with E-state index in [4.69, 9.17) is 5.73 Å². The van der Waals surface area contributed by atoms with Crippen LogP contribution < -0.4 is 16.9 Å². The Morgan fingerprint density at radius 3 is 2.57 bits per heavy atom. The summed E-state index contributed by atoms with van der Waals surface area (Å²) < 4.78 is 0. The maximum absolute atomic E-state index is 4.95. The molecule has 0 aliphatic carbocycles. The van der Waals surface area contributed by atoms with Crippen LogP contribution in [0.1, 0.15) is 0 Å². The van der Waals surface area contributed by atoms with E-state index in [0.717, 1.165) is 0 Å². The van der Waals surface area contributed by atoms with Crippen molar-refractivity contribution in [3.8, 4) is 0 Å². The maximum atomic E-state index is 4.95. The van der Waals surface area contributed by atoms with Crippen LogP contribution in [-0.2, 0) is 0 Å². The van der Waals surface area contributed by atoms with Crippen molar-refractivity contribution in [3.63, 3.8) is 0 Å². The quantitative estimate of drug-likeness (QED) is 0.132. The minimum atomic E-state index is 0.161. The molecular weight excluding hydrogens is 112 g/mol. The highest BCUT2D eigenvalue weighted by atomic mass is 32.1. The van der Waals surface area contributed by atoms with E-state index >= 15 is 0 Å². The summed E-state index contributed by atoms with van der Waals surface area (Å²) in [6.07, 6.45) is 1.21. The van der Waals surface area contributed by atoms with Gasteiger partial charge in [-0.3, -0.25) is 0 Å². The second-order valence-electron chi connectivity index (χ2n) is 0.787. The molecule has 0 amide bonds. The van der Waals surface area contributed by atoms with Crippen molar-refractivity contribution in [2.75, 3.05) is 0 Å². The van der Waals surface area contributed by atoms with Crippen LogP contribution in [0.15, 0.2) is 5.10 Å². The van der Waals surface area contributed by atoms with Crippen LogP contribution in [0.2, 0.25) is 0 Å². The fourth-order valence-electron chi connectivity index (χ4n) is 0.101. The number of nitrogens with one attached hydrogen (secondary N) is 1. The van der Waals surface area contributed by atoms with Crippen molar-refractivity contribution in [2.45, 2.75) is 0 Å². The van der Waals surface area contributed by atoms with Crippen LogP contribution in [0.4, 0.5) is 0 Å². The van der Waals surface area contributed by atoms with E-state index in [1.54, 1.807) is 0 Å². The first-order valence-electron chi connectivity index (χ1n) is 1.55. The van der Waals surface area contributed by atoms with Gasteiger partial charge in [0.05, 0.1) is 0 Å². The van der Waals surface area contributed by atoms with Gasteiger partial charge in [-0.15, -0.1) is 0 Å². The highest BCUT2D eigenvalue weighted by molar-refractivity contribution is 7.80. The molecule has 0 heterocycles. The molecule has 0 saturated carbocycles. The molecule has 0 saturated heterocycles. The molecule has 5 N–H and O–H groups in total. The number of nitrogens with zero attached hydrogens (tertiary/aromatic N) is 1. The highest BCUT2D eigenvalue weighted by Gasteiger charge is 1.73. The van der Waals surface area contributed by atoms with Crippen molar-refractivity contribution < 1.29 is 0 Å². The van der Waals surface area contributed by atoms with Gasteiger partial charge in [-0.05, 0) is 12.2 Å². The van der Waals surface area contributed by atoms with Gasteiger partial charge in [0.2, 0.25) is 0 Å². The van der Waals surface area contributed by atoms with E-state index < -0.39 is 0 Å². The molecule has 0 radical (unpaired) electrons. The lowest BCUT2D eigenvalue weighted by Crippen LogP contribution is -2.27. The van der Waals surface area contributed by atoms with Crippen molar-refractivity contribution in [1.82, 2.24) is 5.32 Å².